The number of carbonyl (C=O) groups excluding carboxylic acids is 2. The maximum absolute atomic E-state index is 11.5. The minimum absolute atomic E-state index is 0.0510. The van der Waals surface area contributed by atoms with Gasteiger partial charge in [-0.2, -0.15) is 4.99 Å². The number of carbonyl (C=O) groups is 2. The number of aliphatic imine (C=N–C) groups is 1. The predicted octanol–water partition coefficient (Wildman–Crippen LogP) is 1.66. The molecule has 1 heterocycles. The molecule has 0 saturated heterocycles. The number of rotatable bonds is 3. The molecule has 0 atom stereocenters. The van der Waals surface area contributed by atoms with Crippen LogP contribution in [0.25, 0.3) is 0 Å². The van der Waals surface area contributed by atoms with Gasteiger partial charge in [-0.05, 0) is 13.8 Å². The Kier molecular flexibility index (Phi) is 5.02. The number of hydrogen-bond acceptors (Lipinski definition) is 6. The van der Waals surface area contributed by atoms with Gasteiger partial charge in [-0.3, -0.25) is 0 Å². The van der Waals surface area contributed by atoms with Gasteiger partial charge in [-0.15, -0.1) is 0 Å². The molecule has 0 bridgehead atoms. The molecule has 0 aliphatic carbocycles. The molecule has 0 aromatic heterocycles. The van der Waals surface area contributed by atoms with E-state index in [0.29, 0.717) is 0 Å². The Hall–Kier alpha value is -1.50. The van der Waals surface area contributed by atoms with Gasteiger partial charge in [0.05, 0.1) is 19.0 Å². The van der Waals surface area contributed by atoms with Gasteiger partial charge in [0.25, 0.3) is 0 Å². The van der Waals surface area contributed by atoms with Crippen molar-refractivity contribution in [2.75, 3.05) is 19.0 Å². The van der Waals surface area contributed by atoms with Crippen molar-refractivity contribution in [2.24, 2.45) is 4.99 Å². The first-order valence-electron chi connectivity index (χ1n) is 5.08. The van der Waals surface area contributed by atoms with E-state index in [1.54, 1.807) is 13.8 Å². The monoisotopic (exact) mass is 259 g/mol. The topological polar surface area (TPSA) is 85.2 Å². The van der Waals surface area contributed by atoms with Crippen LogP contribution < -0.4 is 0 Å². The van der Waals surface area contributed by atoms with Crippen molar-refractivity contribution in [1.29, 1.82) is 0 Å². The Morgan fingerprint density at radius 1 is 1.35 bits per heavy atom. The number of amides is 1. The van der Waals surface area contributed by atoms with Gasteiger partial charge in [0.1, 0.15) is 16.4 Å². The lowest BCUT2D eigenvalue weighted by atomic mass is 10.2. The fraction of sp³-hybridized carbons (Fsp3) is 0.500. The zero-order valence-electron chi connectivity index (χ0n) is 9.56. The van der Waals surface area contributed by atoms with Gasteiger partial charge in [0.15, 0.2) is 0 Å². The van der Waals surface area contributed by atoms with Crippen LogP contribution in [0.2, 0.25) is 0 Å². The Balaban J connectivity index is 2.88. The molecule has 1 aliphatic heterocycles. The van der Waals surface area contributed by atoms with E-state index in [2.05, 4.69) is 9.73 Å². The third kappa shape index (κ3) is 3.48. The molecular formula is C10H13NO5S. The number of nitrogens with zero attached hydrogens (tertiary/aromatic N) is 1. The molecule has 6 nitrogen and oxygen atoms in total. The van der Waals surface area contributed by atoms with E-state index in [9.17, 15) is 14.7 Å². The van der Waals surface area contributed by atoms with E-state index in [1.807, 2.05) is 0 Å². The Bertz CT molecular complexity index is 388. The molecule has 1 rings (SSSR count). The molecule has 7 heteroatoms. The quantitative estimate of drug-likeness (QED) is 0.776. The smallest absolute Gasteiger partial charge is 0.434 e. The van der Waals surface area contributed by atoms with Gasteiger partial charge in [-0.1, -0.05) is 11.8 Å². The molecule has 17 heavy (non-hydrogen) atoms. The second-order valence-electron chi connectivity index (χ2n) is 2.95. The van der Waals surface area contributed by atoms with Gasteiger partial charge in [-0.25, -0.2) is 9.59 Å². The summed E-state index contributed by atoms with van der Waals surface area (Å²) in [4.78, 5) is 26.3. The number of hydrogen-bond donors (Lipinski definition) is 1. The first-order chi connectivity index (χ1) is 8.10. The standard InChI is InChI=1S/C10H13NO5S/c1-3-15-9(13)7-6(12)5-17-8(7)11-10(14)16-4-2/h12H,3-5H2,1-2H3. The molecule has 0 spiro atoms. The summed E-state index contributed by atoms with van der Waals surface area (Å²) in [6.07, 6.45) is -0.786. The minimum atomic E-state index is -0.786. The summed E-state index contributed by atoms with van der Waals surface area (Å²) in [5.41, 5.74) is -0.0510. The van der Waals surface area contributed by atoms with E-state index >= 15 is 0 Å². The van der Waals surface area contributed by atoms with Crippen LogP contribution >= 0.6 is 11.8 Å². The Labute approximate surface area is 103 Å². The molecular weight excluding hydrogens is 246 g/mol. The zero-order valence-corrected chi connectivity index (χ0v) is 10.4. The van der Waals surface area contributed by atoms with Crippen molar-refractivity contribution in [3.63, 3.8) is 0 Å². The van der Waals surface area contributed by atoms with Crippen LogP contribution in [0.5, 0.6) is 0 Å². The summed E-state index contributed by atoms with van der Waals surface area (Å²) < 4.78 is 9.40. The highest BCUT2D eigenvalue weighted by Crippen LogP contribution is 2.27. The lowest BCUT2D eigenvalue weighted by Crippen LogP contribution is -2.14. The molecule has 0 saturated carbocycles. The maximum Gasteiger partial charge on any atom is 0.434 e. The fourth-order valence-corrected chi connectivity index (χ4v) is 2.04. The van der Waals surface area contributed by atoms with Crippen LogP contribution in [0.3, 0.4) is 0 Å². The van der Waals surface area contributed by atoms with E-state index in [-0.39, 0.29) is 35.3 Å². The lowest BCUT2D eigenvalue weighted by Gasteiger charge is -2.03. The molecule has 94 valence electrons. The van der Waals surface area contributed by atoms with Gasteiger partial charge in [0.2, 0.25) is 0 Å². The molecule has 0 unspecified atom stereocenters. The molecule has 1 N–H and O–H groups in total. The van der Waals surface area contributed by atoms with E-state index in [0.717, 1.165) is 11.8 Å². The summed E-state index contributed by atoms with van der Waals surface area (Å²) in [6, 6.07) is 0. The van der Waals surface area contributed by atoms with Gasteiger partial charge in [0, 0.05) is 0 Å². The van der Waals surface area contributed by atoms with Crippen molar-refractivity contribution in [3.8, 4) is 0 Å². The first kappa shape index (κ1) is 13.6. The van der Waals surface area contributed by atoms with Crippen LogP contribution in [0, 0.1) is 0 Å². The highest BCUT2D eigenvalue weighted by Gasteiger charge is 2.30. The number of esters is 1. The number of thioether (sulfide) groups is 1. The minimum Gasteiger partial charge on any atom is -0.510 e. The van der Waals surface area contributed by atoms with E-state index in [1.165, 1.54) is 0 Å². The number of ether oxygens (including phenoxy) is 2. The highest BCUT2D eigenvalue weighted by molar-refractivity contribution is 8.15. The SMILES string of the molecule is CCOC(=O)N=C1SCC(O)=C1C(=O)OCC. The molecule has 0 aromatic rings. The Morgan fingerprint density at radius 3 is 2.59 bits per heavy atom. The van der Waals surface area contributed by atoms with Crippen molar-refractivity contribution < 1.29 is 24.2 Å². The van der Waals surface area contributed by atoms with Crippen LogP contribution in [0.4, 0.5) is 4.79 Å². The van der Waals surface area contributed by atoms with Crippen molar-refractivity contribution in [2.45, 2.75) is 13.8 Å². The third-order valence-corrected chi connectivity index (χ3v) is 2.77. The van der Waals surface area contributed by atoms with Crippen molar-refractivity contribution >= 4 is 28.9 Å². The predicted molar refractivity (Wildman–Crippen MR) is 63.2 cm³/mol. The van der Waals surface area contributed by atoms with E-state index < -0.39 is 12.1 Å². The molecule has 0 radical (unpaired) electrons. The molecule has 0 aromatic carbocycles. The normalized spacial score (nSPS) is 17.4. The zero-order chi connectivity index (χ0) is 12.8. The second kappa shape index (κ2) is 6.29. The number of aliphatic hydroxyl groups excluding tert-OH is 1. The lowest BCUT2D eigenvalue weighted by molar-refractivity contribution is -0.138. The van der Waals surface area contributed by atoms with Gasteiger partial charge < -0.3 is 14.6 Å². The molecule has 1 aliphatic rings. The number of aliphatic hydroxyl groups is 1. The summed E-state index contributed by atoms with van der Waals surface area (Å²) in [5.74, 6) is -0.610. The molecule has 1 amide bonds. The first-order valence-corrected chi connectivity index (χ1v) is 6.06. The summed E-state index contributed by atoms with van der Waals surface area (Å²) in [5, 5.41) is 9.66. The van der Waals surface area contributed by atoms with Crippen LogP contribution in [-0.4, -0.2) is 41.2 Å². The largest absolute Gasteiger partial charge is 0.510 e. The van der Waals surface area contributed by atoms with Crippen molar-refractivity contribution in [1.82, 2.24) is 0 Å². The summed E-state index contributed by atoms with van der Waals surface area (Å²) in [7, 11) is 0. The van der Waals surface area contributed by atoms with Gasteiger partial charge >= 0.3 is 12.1 Å². The average Bonchev–Trinajstić information content (AvgIpc) is 2.60. The van der Waals surface area contributed by atoms with E-state index in [4.69, 9.17) is 4.74 Å². The van der Waals surface area contributed by atoms with Crippen molar-refractivity contribution in [3.05, 3.63) is 11.3 Å². The Morgan fingerprint density at radius 2 is 2.00 bits per heavy atom. The van der Waals surface area contributed by atoms with Crippen LogP contribution in [0.15, 0.2) is 16.3 Å². The maximum atomic E-state index is 11.5. The summed E-state index contributed by atoms with van der Waals surface area (Å²) in [6.45, 7) is 3.69. The highest BCUT2D eigenvalue weighted by atomic mass is 32.2. The average molecular weight is 259 g/mol. The van der Waals surface area contributed by atoms with Crippen LogP contribution in [0.1, 0.15) is 13.8 Å². The fourth-order valence-electron chi connectivity index (χ4n) is 1.14. The second-order valence-corrected chi connectivity index (χ2v) is 3.91. The van der Waals surface area contributed by atoms with Crippen LogP contribution in [-0.2, 0) is 14.3 Å². The molecule has 0 fully saturated rings. The third-order valence-electron chi connectivity index (χ3n) is 1.79. The summed E-state index contributed by atoms with van der Waals surface area (Å²) >= 11 is 1.09.